The fraction of sp³-hybridized carbons (Fsp3) is 0.344. The van der Waals surface area contributed by atoms with E-state index in [9.17, 15) is 19.5 Å². The monoisotopic (exact) mass is 589 g/mol. The molecular formula is C32H39N5O4S. The van der Waals surface area contributed by atoms with Crippen molar-refractivity contribution in [3.63, 3.8) is 0 Å². The number of para-hydroxylation sites is 2. The van der Waals surface area contributed by atoms with Crippen molar-refractivity contribution in [3.8, 4) is 11.1 Å². The van der Waals surface area contributed by atoms with Gasteiger partial charge in [-0.15, -0.1) is 11.8 Å². The number of nitrogens with zero attached hydrogens (tertiary/aromatic N) is 1. The van der Waals surface area contributed by atoms with Crippen molar-refractivity contribution < 1.29 is 19.5 Å². The molecule has 0 radical (unpaired) electrons. The third-order valence-corrected chi connectivity index (χ3v) is 8.10. The molecule has 4 rings (SSSR count). The number of aliphatic hydroxyl groups excluding tert-OH is 1. The maximum Gasteiger partial charge on any atom is 0.318 e. The van der Waals surface area contributed by atoms with E-state index in [1.807, 2.05) is 86.6 Å². The molecule has 0 aromatic heterocycles. The molecule has 9 nitrogen and oxygen atoms in total. The van der Waals surface area contributed by atoms with Crippen LogP contribution in [0.2, 0.25) is 0 Å². The van der Waals surface area contributed by atoms with Crippen molar-refractivity contribution in [2.24, 2.45) is 0 Å². The fourth-order valence-electron chi connectivity index (χ4n) is 4.75. The van der Waals surface area contributed by atoms with Gasteiger partial charge >= 0.3 is 6.03 Å². The van der Waals surface area contributed by atoms with Crippen LogP contribution in [0.4, 0.5) is 16.2 Å². The Morgan fingerprint density at radius 3 is 2.45 bits per heavy atom. The number of amides is 4. The molecule has 42 heavy (non-hydrogen) atoms. The Kier molecular flexibility index (Phi) is 10.3. The Labute approximate surface area is 251 Å². The first-order valence-corrected chi connectivity index (χ1v) is 15.0. The molecule has 1 heterocycles. The summed E-state index contributed by atoms with van der Waals surface area (Å²) in [5, 5.41) is 21.2. The first kappa shape index (κ1) is 31.1. The minimum atomic E-state index is -0.690. The Morgan fingerprint density at radius 2 is 1.74 bits per heavy atom. The number of β-amino-alcohol motifs (C(OH)–C–C–N with tert-alkyl or cyclic N) is 1. The highest BCUT2D eigenvalue weighted by Crippen LogP contribution is 2.35. The minimum absolute atomic E-state index is 0.166. The van der Waals surface area contributed by atoms with Gasteiger partial charge in [0.15, 0.2) is 0 Å². The summed E-state index contributed by atoms with van der Waals surface area (Å²) in [5.74, 6) is 0.0318. The van der Waals surface area contributed by atoms with Crippen LogP contribution in [-0.2, 0) is 16.1 Å². The second-order valence-corrected chi connectivity index (χ2v) is 12.1. The summed E-state index contributed by atoms with van der Waals surface area (Å²) >= 11 is 1.55. The number of nitrogens with one attached hydrogen (secondary N) is 4. The van der Waals surface area contributed by atoms with Crippen LogP contribution in [0.5, 0.6) is 0 Å². The van der Waals surface area contributed by atoms with Gasteiger partial charge in [-0.1, -0.05) is 54.6 Å². The van der Waals surface area contributed by atoms with Crippen molar-refractivity contribution in [2.75, 3.05) is 29.6 Å². The average molecular weight is 590 g/mol. The van der Waals surface area contributed by atoms with E-state index < -0.39 is 17.7 Å². The average Bonchev–Trinajstić information content (AvgIpc) is 3.09. The van der Waals surface area contributed by atoms with Crippen LogP contribution in [0.25, 0.3) is 11.1 Å². The predicted molar refractivity (Wildman–Crippen MR) is 169 cm³/mol. The quantitative estimate of drug-likeness (QED) is 0.239. The molecule has 0 unspecified atom stereocenters. The van der Waals surface area contributed by atoms with E-state index in [0.29, 0.717) is 24.5 Å². The van der Waals surface area contributed by atoms with Gasteiger partial charge in [0.05, 0.1) is 24.0 Å². The molecular weight excluding hydrogens is 550 g/mol. The summed E-state index contributed by atoms with van der Waals surface area (Å²) in [6.07, 6.45) is -0.360. The number of benzene rings is 3. The van der Waals surface area contributed by atoms with Crippen molar-refractivity contribution in [3.05, 3.63) is 78.4 Å². The summed E-state index contributed by atoms with van der Waals surface area (Å²) in [4.78, 5) is 41.6. The van der Waals surface area contributed by atoms with E-state index in [0.717, 1.165) is 27.3 Å². The van der Waals surface area contributed by atoms with E-state index in [1.54, 1.807) is 30.6 Å². The molecule has 0 spiro atoms. The Balaban J connectivity index is 1.52. The van der Waals surface area contributed by atoms with Gasteiger partial charge in [-0.05, 0) is 50.1 Å². The molecule has 0 bridgehead atoms. The molecule has 0 aliphatic carbocycles. The topological polar surface area (TPSA) is 123 Å². The Hall–Kier alpha value is -3.86. The number of carbonyl (C=O) groups is 3. The summed E-state index contributed by atoms with van der Waals surface area (Å²) in [6.45, 7) is 6.20. The van der Waals surface area contributed by atoms with Gasteiger partial charge in [0.1, 0.15) is 6.04 Å². The van der Waals surface area contributed by atoms with Crippen LogP contribution >= 0.6 is 11.8 Å². The molecule has 1 aliphatic heterocycles. The van der Waals surface area contributed by atoms with Crippen LogP contribution in [0.3, 0.4) is 0 Å². The Bertz CT molecular complexity index is 1410. The van der Waals surface area contributed by atoms with Crippen molar-refractivity contribution >= 4 is 41.0 Å². The smallest absolute Gasteiger partial charge is 0.318 e. The van der Waals surface area contributed by atoms with Gasteiger partial charge in [0.2, 0.25) is 5.91 Å². The molecule has 0 saturated heterocycles. The standard InChI is InChI=1S/C32H39N5O4S/c1-21(38)18-34-32(2,3)17-29(39)35-26-20-42-28-12-8-7-11-27(28)37(30(26)40)19-22-13-15-23(16-14-22)24-9-5-6-10-25(24)36-31(41)33-4/h5-16,21,26,34,38H,17-20H2,1-4H3,(H,35,39)(H2,33,36,41)/t21-,26-/m1/s1. The first-order chi connectivity index (χ1) is 20.1. The van der Waals surface area contributed by atoms with Gasteiger partial charge in [0, 0.05) is 41.8 Å². The third-order valence-electron chi connectivity index (χ3n) is 6.95. The van der Waals surface area contributed by atoms with E-state index in [1.165, 1.54) is 0 Å². The van der Waals surface area contributed by atoms with Crippen molar-refractivity contribution in [2.45, 2.75) is 56.3 Å². The van der Waals surface area contributed by atoms with Gasteiger partial charge in [-0.2, -0.15) is 0 Å². The molecule has 1 aliphatic rings. The number of rotatable bonds is 10. The molecule has 2 atom stereocenters. The number of hydrogen-bond acceptors (Lipinski definition) is 6. The zero-order valence-corrected chi connectivity index (χ0v) is 25.3. The predicted octanol–water partition coefficient (Wildman–Crippen LogP) is 4.37. The molecule has 5 N–H and O–H groups in total. The maximum atomic E-state index is 13.9. The van der Waals surface area contributed by atoms with Gasteiger partial charge < -0.3 is 31.3 Å². The van der Waals surface area contributed by atoms with E-state index in [2.05, 4.69) is 21.3 Å². The Morgan fingerprint density at radius 1 is 1.05 bits per heavy atom. The molecule has 0 fully saturated rings. The highest BCUT2D eigenvalue weighted by atomic mass is 32.2. The largest absolute Gasteiger partial charge is 0.392 e. The molecule has 222 valence electrons. The number of anilines is 2. The van der Waals surface area contributed by atoms with Crippen LogP contribution in [-0.4, -0.2) is 60.0 Å². The normalized spacial score (nSPS) is 15.8. The lowest BCUT2D eigenvalue weighted by molar-refractivity contribution is -0.127. The summed E-state index contributed by atoms with van der Waals surface area (Å²) in [5.41, 5.74) is 3.71. The number of carbonyl (C=O) groups excluding carboxylic acids is 3. The third kappa shape index (κ3) is 8.12. The van der Waals surface area contributed by atoms with Crippen LogP contribution < -0.4 is 26.2 Å². The number of hydrogen-bond donors (Lipinski definition) is 5. The van der Waals surface area contributed by atoms with Crippen molar-refractivity contribution in [1.82, 2.24) is 16.0 Å². The second kappa shape index (κ2) is 13.9. The number of fused-ring (bicyclic) bond motifs is 1. The highest BCUT2D eigenvalue weighted by Gasteiger charge is 2.33. The number of urea groups is 1. The van der Waals surface area contributed by atoms with Crippen molar-refractivity contribution in [1.29, 1.82) is 0 Å². The molecule has 10 heteroatoms. The van der Waals surface area contributed by atoms with E-state index >= 15 is 0 Å². The summed E-state index contributed by atoms with van der Waals surface area (Å²) in [6, 6.07) is 22.3. The zero-order chi connectivity index (χ0) is 30.3. The molecule has 3 aromatic carbocycles. The van der Waals surface area contributed by atoms with E-state index in [4.69, 9.17) is 0 Å². The molecule has 3 aromatic rings. The van der Waals surface area contributed by atoms with Crippen LogP contribution in [0.1, 0.15) is 32.8 Å². The van der Waals surface area contributed by atoms with Gasteiger partial charge in [-0.3, -0.25) is 9.59 Å². The lowest BCUT2D eigenvalue weighted by Crippen LogP contribution is -2.52. The maximum absolute atomic E-state index is 13.9. The van der Waals surface area contributed by atoms with Crippen LogP contribution in [0.15, 0.2) is 77.7 Å². The fourth-order valence-corrected chi connectivity index (χ4v) is 5.83. The molecule has 4 amide bonds. The lowest BCUT2D eigenvalue weighted by Gasteiger charge is -2.29. The number of thioether (sulfide) groups is 1. The first-order valence-electron chi connectivity index (χ1n) is 14.0. The minimum Gasteiger partial charge on any atom is -0.392 e. The van der Waals surface area contributed by atoms with Gasteiger partial charge in [-0.25, -0.2) is 4.79 Å². The summed E-state index contributed by atoms with van der Waals surface area (Å²) < 4.78 is 0. The van der Waals surface area contributed by atoms with E-state index in [-0.39, 0.29) is 24.3 Å². The lowest BCUT2D eigenvalue weighted by atomic mass is 9.99. The van der Waals surface area contributed by atoms with Gasteiger partial charge in [0.25, 0.3) is 5.91 Å². The zero-order valence-electron chi connectivity index (χ0n) is 24.4. The SMILES string of the molecule is CNC(=O)Nc1ccccc1-c1ccc(CN2C(=O)[C@H](NC(=O)CC(C)(C)NC[C@@H](C)O)CSc3ccccc32)cc1. The second-order valence-electron chi connectivity index (χ2n) is 11.1. The number of aliphatic hydroxyl groups is 1. The van der Waals surface area contributed by atoms with Crippen LogP contribution in [0, 0.1) is 0 Å². The molecule has 0 saturated carbocycles. The highest BCUT2D eigenvalue weighted by molar-refractivity contribution is 7.99. The summed E-state index contributed by atoms with van der Waals surface area (Å²) in [7, 11) is 1.57.